The van der Waals surface area contributed by atoms with E-state index < -0.39 is 12.0 Å². The molecule has 0 amide bonds. The van der Waals surface area contributed by atoms with Crippen molar-refractivity contribution in [2.75, 3.05) is 21.1 Å². The van der Waals surface area contributed by atoms with E-state index >= 15 is 0 Å². The maximum atomic E-state index is 12.1. The van der Waals surface area contributed by atoms with E-state index in [4.69, 9.17) is 0 Å². The lowest BCUT2D eigenvalue weighted by Gasteiger charge is -2.23. The van der Waals surface area contributed by atoms with Gasteiger partial charge < -0.3 is 0 Å². The molecule has 0 aliphatic carbocycles. The first kappa shape index (κ1) is 12.7. The summed E-state index contributed by atoms with van der Waals surface area (Å²) in [5.74, 6) is -1.81. The number of carbonyl (C=O) groups is 1. The fourth-order valence-electron chi connectivity index (χ4n) is 1.22. The monoisotopic (exact) mass is 232 g/mol. The third-order valence-electron chi connectivity index (χ3n) is 2.16. The van der Waals surface area contributed by atoms with Gasteiger partial charge in [0, 0.05) is 5.56 Å². The summed E-state index contributed by atoms with van der Waals surface area (Å²) in [6, 6.07) is 5.46. The molecule has 2 nitrogen and oxygen atoms in total. The lowest BCUT2D eigenvalue weighted by Crippen LogP contribution is -2.34. The highest BCUT2D eigenvalue weighted by Crippen LogP contribution is 2.24. The van der Waals surface area contributed by atoms with Crippen LogP contribution in [-0.2, 0) is 0 Å². The highest BCUT2D eigenvalue weighted by molar-refractivity contribution is 6.00. The van der Waals surface area contributed by atoms with E-state index in [-0.39, 0.29) is 5.56 Å². The molecule has 0 heterocycles. The van der Waals surface area contributed by atoms with Crippen molar-refractivity contribution < 1.29 is 18.0 Å². The van der Waals surface area contributed by atoms with E-state index in [9.17, 15) is 18.0 Å². The summed E-state index contributed by atoms with van der Waals surface area (Å²) in [6.07, 6.45) is -4.81. The van der Waals surface area contributed by atoms with Gasteiger partial charge in [0.2, 0.25) is 0 Å². The summed E-state index contributed by atoms with van der Waals surface area (Å²) in [5, 5.41) is 0. The molecule has 0 unspecified atom stereocenters. The van der Waals surface area contributed by atoms with E-state index in [1.807, 2.05) is 21.1 Å². The van der Waals surface area contributed by atoms with E-state index in [1.165, 1.54) is 24.3 Å². The number of hydrogen-bond donors (Lipinski definition) is 0. The Morgan fingerprint density at radius 3 is 1.81 bits per heavy atom. The maximum Gasteiger partial charge on any atom is 0.454 e. The van der Waals surface area contributed by atoms with Crippen molar-refractivity contribution >= 4 is 11.5 Å². The fourth-order valence-corrected chi connectivity index (χ4v) is 1.22. The third kappa shape index (κ3) is 2.82. The lowest BCUT2D eigenvalue weighted by atomic mass is 10.1. The number of rotatable bonds is 2. The molecule has 0 N–H and O–H groups in total. The molecule has 1 aromatic rings. The first-order valence-electron chi connectivity index (χ1n) is 4.66. The average molecular weight is 232 g/mol. The highest BCUT2D eigenvalue weighted by Gasteiger charge is 2.39. The van der Waals surface area contributed by atoms with E-state index in [2.05, 4.69) is 0 Å². The zero-order valence-electron chi connectivity index (χ0n) is 9.30. The average Bonchev–Trinajstić information content (AvgIpc) is 2.14. The maximum absolute atomic E-state index is 12.1. The van der Waals surface area contributed by atoms with Crippen LogP contribution in [0.5, 0.6) is 0 Å². The second-order valence-corrected chi connectivity index (χ2v) is 4.39. The van der Waals surface area contributed by atoms with Crippen LogP contribution in [0.1, 0.15) is 10.4 Å². The van der Waals surface area contributed by atoms with Gasteiger partial charge in [0.1, 0.15) is 5.69 Å². The number of halogens is 3. The molecular weight excluding hydrogens is 219 g/mol. The molecule has 0 fully saturated rings. The Bertz CT molecular complexity index is 387. The molecule has 0 aliphatic heterocycles. The Balaban J connectivity index is 3.01. The van der Waals surface area contributed by atoms with Crippen molar-refractivity contribution in [3.05, 3.63) is 29.8 Å². The standard InChI is InChI=1S/C11H13F3NO/c1-15(2,3)9-6-4-8(5-7-9)10(16)11(12,13)14/h4-7H,1-3H3/q+1. The Labute approximate surface area is 91.9 Å². The van der Waals surface area contributed by atoms with Crippen molar-refractivity contribution in [3.8, 4) is 0 Å². The summed E-state index contributed by atoms with van der Waals surface area (Å²) in [5.41, 5.74) is 0.503. The highest BCUT2D eigenvalue weighted by atomic mass is 19.4. The van der Waals surface area contributed by atoms with E-state index in [0.29, 0.717) is 4.48 Å². The van der Waals surface area contributed by atoms with Gasteiger partial charge in [0.05, 0.1) is 21.1 Å². The van der Waals surface area contributed by atoms with Gasteiger partial charge >= 0.3 is 6.18 Å². The van der Waals surface area contributed by atoms with Gasteiger partial charge in [0.15, 0.2) is 0 Å². The molecule has 0 aliphatic rings. The number of carbonyl (C=O) groups excluding carboxylic acids is 1. The van der Waals surface area contributed by atoms with E-state index in [1.54, 1.807) is 0 Å². The summed E-state index contributed by atoms with van der Waals surface area (Å²) in [6.45, 7) is 0. The van der Waals surface area contributed by atoms with Crippen molar-refractivity contribution in [1.29, 1.82) is 0 Å². The van der Waals surface area contributed by atoms with E-state index in [0.717, 1.165) is 5.69 Å². The molecule has 0 radical (unpaired) electrons. The predicted molar refractivity (Wildman–Crippen MR) is 56.4 cm³/mol. The number of ketones is 1. The molecule has 0 spiro atoms. The van der Waals surface area contributed by atoms with Gasteiger partial charge in [-0.3, -0.25) is 9.28 Å². The van der Waals surface area contributed by atoms with Crippen LogP contribution in [0.4, 0.5) is 18.9 Å². The van der Waals surface area contributed by atoms with Crippen molar-refractivity contribution in [3.63, 3.8) is 0 Å². The molecule has 0 saturated heterocycles. The summed E-state index contributed by atoms with van der Waals surface area (Å²) >= 11 is 0. The SMILES string of the molecule is C[N+](C)(C)c1ccc(C(=O)C(F)(F)F)cc1. The molecule has 1 aromatic carbocycles. The molecule has 0 saturated carbocycles. The summed E-state index contributed by atoms with van der Waals surface area (Å²) in [4.78, 5) is 10.9. The first-order chi connectivity index (χ1) is 7.12. The second-order valence-electron chi connectivity index (χ2n) is 4.39. The zero-order chi connectivity index (χ0) is 12.6. The van der Waals surface area contributed by atoms with Gasteiger partial charge in [-0.1, -0.05) is 0 Å². The van der Waals surface area contributed by atoms with Crippen LogP contribution in [0.25, 0.3) is 0 Å². The number of alkyl halides is 3. The van der Waals surface area contributed by atoms with Gasteiger partial charge in [-0.25, -0.2) is 0 Å². The molecule has 0 atom stereocenters. The normalized spacial score (nSPS) is 12.6. The van der Waals surface area contributed by atoms with Gasteiger partial charge in [0.25, 0.3) is 5.78 Å². The smallest absolute Gasteiger partial charge is 0.298 e. The molecule has 1 rings (SSSR count). The van der Waals surface area contributed by atoms with Crippen LogP contribution < -0.4 is 4.48 Å². The molecule has 88 valence electrons. The predicted octanol–water partition coefficient (Wildman–Crippen LogP) is 2.63. The zero-order valence-corrected chi connectivity index (χ0v) is 9.30. The van der Waals surface area contributed by atoms with Crippen LogP contribution in [0, 0.1) is 0 Å². The second kappa shape index (κ2) is 3.90. The molecule has 16 heavy (non-hydrogen) atoms. The summed E-state index contributed by atoms with van der Waals surface area (Å²) < 4.78 is 36.8. The minimum Gasteiger partial charge on any atom is -0.298 e. The fraction of sp³-hybridized carbons (Fsp3) is 0.364. The molecule has 5 heteroatoms. The number of nitrogens with zero attached hydrogens (tertiary/aromatic N) is 1. The van der Waals surface area contributed by atoms with Crippen molar-refractivity contribution in [1.82, 2.24) is 4.48 Å². The van der Waals surface area contributed by atoms with Crippen LogP contribution in [-0.4, -0.2) is 33.1 Å². The van der Waals surface area contributed by atoms with Crippen LogP contribution in [0.2, 0.25) is 0 Å². The number of hydrogen-bond acceptors (Lipinski definition) is 1. The topological polar surface area (TPSA) is 17.1 Å². The van der Waals surface area contributed by atoms with Crippen molar-refractivity contribution in [2.45, 2.75) is 6.18 Å². The third-order valence-corrected chi connectivity index (χ3v) is 2.16. The minimum absolute atomic E-state index is 0.329. The van der Waals surface area contributed by atoms with Gasteiger partial charge in [-0.2, -0.15) is 13.2 Å². The van der Waals surface area contributed by atoms with Crippen molar-refractivity contribution in [2.24, 2.45) is 0 Å². The van der Waals surface area contributed by atoms with Crippen LogP contribution >= 0.6 is 0 Å². The minimum atomic E-state index is -4.81. The van der Waals surface area contributed by atoms with Crippen LogP contribution in [0.3, 0.4) is 0 Å². The number of Topliss-reactive ketones (excluding diaryl/α,β-unsaturated/α-hetero) is 1. The Hall–Kier alpha value is -1.36. The Morgan fingerprint density at radius 1 is 1.06 bits per heavy atom. The molecule has 0 aromatic heterocycles. The number of quaternary nitrogens is 1. The first-order valence-corrected chi connectivity index (χ1v) is 4.66. The molecule has 0 bridgehead atoms. The Morgan fingerprint density at radius 2 is 1.50 bits per heavy atom. The Kier molecular flexibility index (Phi) is 3.10. The largest absolute Gasteiger partial charge is 0.454 e. The van der Waals surface area contributed by atoms with Crippen LogP contribution in [0.15, 0.2) is 24.3 Å². The lowest BCUT2D eigenvalue weighted by molar-refractivity contribution is -0.0885. The summed E-state index contributed by atoms with van der Waals surface area (Å²) in [7, 11) is 5.67. The number of benzene rings is 1. The quantitative estimate of drug-likeness (QED) is 0.566. The molecular formula is C11H13F3NO+. The van der Waals surface area contributed by atoms with Gasteiger partial charge in [-0.05, 0) is 24.3 Å². The van der Waals surface area contributed by atoms with Gasteiger partial charge in [-0.15, -0.1) is 0 Å².